The summed E-state index contributed by atoms with van der Waals surface area (Å²) in [5.74, 6) is 0. The van der Waals surface area contributed by atoms with Crippen LogP contribution in [0.2, 0.25) is 0 Å². The maximum absolute atomic E-state index is 9.12. The molecule has 0 unspecified atom stereocenters. The van der Waals surface area contributed by atoms with Gasteiger partial charge in [-0.1, -0.05) is 37.1 Å². The summed E-state index contributed by atoms with van der Waals surface area (Å²) >= 11 is 2.15. The Balaban J connectivity index is 2.11. The second-order valence-electron chi connectivity index (χ2n) is 4.52. The van der Waals surface area contributed by atoms with Crippen LogP contribution in [0.3, 0.4) is 0 Å². The summed E-state index contributed by atoms with van der Waals surface area (Å²) in [6.07, 6.45) is 4.90. The molecule has 0 saturated carbocycles. The molecule has 102 valence electrons. The highest BCUT2D eigenvalue weighted by Crippen LogP contribution is 2.16. The summed E-state index contributed by atoms with van der Waals surface area (Å²) in [6, 6.07) is 8.39. The molecule has 19 heavy (non-hydrogen) atoms. The molecule has 0 aliphatic heterocycles. The van der Waals surface area contributed by atoms with Crippen LogP contribution in [0, 0.1) is 3.70 Å². The first-order valence-corrected chi connectivity index (χ1v) is 7.64. The lowest BCUT2D eigenvalue weighted by Gasteiger charge is -2.05. The molecule has 1 heterocycles. The smallest absolute Gasteiger partial charge is 0.131 e. The first-order chi connectivity index (χ1) is 9.26. The Morgan fingerprint density at radius 3 is 2.53 bits per heavy atom. The Morgan fingerprint density at radius 1 is 1.21 bits per heavy atom. The van der Waals surface area contributed by atoms with Gasteiger partial charge in [-0.3, -0.25) is 0 Å². The maximum Gasteiger partial charge on any atom is 0.131 e. The highest BCUT2D eigenvalue weighted by molar-refractivity contribution is 14.1. The number of hydrogen-bond donors (Lipinski definition) is 1. The molecule has 0 amide bonds. The van der Waals surface area contributed by atoms with Crippen molar-refractivity contribution in [1.29, 1.82) is 0 Å². The standard InChI is InChI=1S/C14H18IN3O/c1-2-3-4-5-11-6-8-12(9-7-11)18-14(15)13(10-19)16-17-18/h6-9,19H,2-5,10H2,1H3. The van der Waals surface area contributed by atoms with E-state index >= 15 is 0 Å². The molecular formula is C14H18IN3O. The van der Waals surface area contributed by atoms with Gasteiger partial charge in [0.15, 0.2) is 0 Å². The minimum atomic E-state index is -0.0760. The lowest BCUT2D eigenvalue weighted by Crippen LogP contribution is -2.00. The number of aliphatic hydroxyl groups excluding tert-OH is 1. The van der Waals surface area contributed by atoms with Crippen LogP contribution in [0.4, 0.5) is 0 Å². The molecular weight excluding hydrogens is 353 g/mol. The van der Waals surface area contributed by atoms with Gasteiger partial charge < -0.3 is 5.11 Å². The first kappa shape index (κ1) is 14.5. The molecule has 2 rings (SSSR count). The Morgan fingerprint density at radius 2 is 1.95 bits per heavy atom. The fourth-order valence-electron chi connectivity index (χ4n) is 1.95. The van der Waals surface area contributed by atoms with Crippen molar-refractivity contribution in [2.75, 3.05) is 0 Å². The zero-order valence-corrected chi connectivity index (χ0v) is 13.2. The summed E-state index contributed by atoms with van der Waals surface area (Å²) in [6.45, 7) is 2.14. The van der Waals surface area contributed by atoms with E-state index in [1.807, 2.05) is 0 Å². The fraction of sp³-hybridized carbons (Fsp3) is 0.429. The Kier molecular flexibility index (Phi) is 5.33. The summed E-state index contributed by atoms with van der Waals surface area (Å²) in [4.78, 5) is 0. The predicted molar refractivity (Wildman–Crippen MR) is 83.2 cm³/mol. The average Bonchev–Trinajstić information content (AvgIpc) is 2.81. The number of rotatable bonds is 6. The predicted octanol–water partition coefficient (Wildman–Crippen LogP) is 3.10. The lowest BCUT2D eigenvalue weighted by atomic mass is 10.1. The van der Waals surface area contributed by atoms with Gasteiger partial charge in [-0.25, -0.2) is 4.68 Å². The van der Waals surface area contributed by atoms with Crippen LogP contribution in [0.15, 0.2) is 24.3 Å². The van der Waals surface area contributed by atoms with E-state index in [-0.39, 0.29) is 6.61 Å². The minimum absolute atomic E-state index is 0.0760. The normalized spacial score (nSPS) is 10.9. The van der Waals surface area contributed by atoms with E-state index in [0.29, 0.717) is 5.69 Å². The molecule has 2 aromatic rings. The molecule has 0 aliphatic rings. The summed E-state index contributed by atoms with van der Waals surface area (Å²) in [5, 5.41) is 17.1. The van der Waals surface area contributed by atoms with E-state index in [1.165, 1.54) is 24.8 Å². The minimum Gasteiger partial charge on any atom is -0.390 e. The fourth-order valence-corrected chi connectivity index (χ4v) is 2.60. The highest BCUT2D eigenvalue weighted by Gasteiger charge is 2.10. The number of aromatic nitrogens is 3. The first-order valence-electron chi connectivity index (χ1n) is 6.56. The van der Waals surface area contributed by atoms with Gasteiger partial charge in [0.05, 0.1) is 12.3 Å². The third-order valence-corrected chi connectivity index (χ3v) is 4.16. The highest BCUT2D eigenvalue weighted by atomic mass is 127. The van der Waals surface area contributed by atoms with Crippen molar-refractivity contribution in [3.63, 3.8) is 0 Å². The number of nitrogens with zero attached hydrogens (tertiary/aromatic N) is 3. The van der Waals surface area contributed by atoms with Crippen LogP contribution in [0.1, 0.15) is 37.4 Å². The number of hydrogen-bond acceptors (Lipinski definition) is 3. The van der Waals surface area contributed by atoms with Gasteiger partial charge in [0.2, 0.25) is 0 Å². The summed E-state index contributed by atoms with van der Waals surface area (Å²) in [7, 11) is 0. The summed E-state index contributed by atoms with van der Waals surface area (Å²) in [5.41, 5.74) is 2.96. The Hall–Kier alpha value is -0.950. The molecule has 1 aromatic carbocycles. The Labute approximate surface area is 127 Å². The van der Waals surface area contributed by atoms with E-state index in [0.717, 1.165) is 15.8 Å². The van der Waals surface area contributed by atoms with Crippen LogP contribution in [-0.2, 0) is 13.0 Å². The number of benzene rings is 1. The topological polar surface area (TPSA) is 50.9 Å². The van der Waals surface area contributed by atoms with Gasteiger partial charge in [0.1, 0.15) is 9.39 Å². The van der Waals surface area contributed by atoms with Gasteiger partial charge >= 0.3 is 0 Å². The van der Waals surface area contributed by atoms with E-state index in [2.05, 4.69) is 64.1 Å². The van der Waals surface area contributed by atoms with Crippen molar-refractivity contribution in [2.45, 2.75) is 39.2 Å². The van der Waals surface area contributed by atoms with Crippen molar-refractivity contribution >= 4 is 22.6 Å². The second-order valence-corrected chi connectivity index (χ2v) is 5.54. The van der Waals surface area contributed by atoms with Gasteiger partial charge in [0, 0.05) is 0 Å². The van der Waals surface area contributed by atoms with Crippen molar-refractivity contribution in [2.24, 2.45) is 0 Å². The van der Waals surface area contributed by atoms with Crippen LogP contribution < -0.4 is 0 Å². The average molecular weight is 371 g/mol. The van der Waals surface area contributed by atoms with Crippen LogP contribution in [0.25, 0.3) is 5.69 Å². The third-order valence-electron chi connectivity index (χ3n) is 3.08. The number of unbranched alkanes of at least 4 members (excludes halogenated alkanes) is 2. The van der Waals surface area contributed by atoms with Crippen LogP contribution in [-0.4, -0.2) is 20.1 Å². The molecule has 4 nitrogen and oxygen atoms in total. The molecule has 0 fully saturated rings. The molecule has 0 atom stereocenters. The van der Waals surface area contributed by atoms with E-state index in [1.54, 1.807) is 4.68 Å². The van der Waals surface area contributed by atoms with Gasteiger partial charge in [-0.15, -0.1) is 5.10 Å². The molecule has 0 saturated heterocycles. The number of halogens is 1. The zero-order valence-electron chi connectivity index (χ0n) is 11.0. The van der Waals surface area contributed by atoms with Crippen LogP contribution in [0.5, 0.6) is 0 Å². The monoisotopic (exact) mass is 371 g/mol. The van der Waals surface area contributed by atoms with Gasteiger partial charge in [-0.2, -0.15) is 0 Å². The van der Waals surface area contributed by atoms with E-state index < -0.39 is 0 Å². The van der Waals surface area contributed by atoms with Crippen molar-refractivity contribution in [3.8, 4) is 5.69 Å². The lowest BCUT2D eigenvalue weighted by molar-refractivity contribution is 0.276. The number of aryl methyl sites for hydroxylation is 1. The largest absolute Gasteiger partial charge is 0.390 e. The van der Waals surface area contributed by atoms with Crippen molar-refractivity contribution < 1.29 is 5.11 Å². The zero-order chi connectivity index (χ0) is 13.7. The van der Waals surface area contributed by atoms with E-state index in [9.17, 15) is 0 Å². The third kappa shape index (κ3) is 3.54. The molecule has 0 aliphatic carbocycles. The molecule has 0 spiro atoms. The summed E-state index contributed by atoms with van der Waals surface area (Å²) < 4.78 is 2.61. The molecule has 0 bridgehead atoms. The van der Waals surface area contributed by atoms with E-state index in [4.69, 9.17) is 5.11 Å². The second kappa shape index (κ2) is 7.00. The van der Waals surface area contributed by atoms with Gasteiger partial charge in [-0.05, 0) is 53.1 Å². The number of aliphatic hydroxyl groups is 1. The molecule has 5 heteroatoms. The Bertz CT molecular complexity index is 522. The molecule has 0 radical (unpaired) electrons. The SMILES string of the molecule is CCCCCc1ccc(-n2nnc(CO)c2I)cc1. The molecule has 1 aromatic heterocycles. The van der Waals surface area contributed by atoms with Gasteiger partial charge in [0.25, 0.3) is 0 Å². The van der Waals surface area contributed by atoms with Crippen molar-refractivity contribution in [3.05, 3.63) is 39.2 Å². The van der Waals surface area contributed by atoms with Crippen molar-refractivity contribution in [1.82, 2.24) is 15.0 Å². The van der Waals surface area contributed by atoms with Crippen LogP contribution >= 0.6 is 22.6 Å². The quantitative estimate of drug-likeness (QED) is 0.627. The molecule has 1 N–H and O–H groups in total. The maximum atomic E-state index is 9.12.